The molecule has 6 heteroatoms. The summed E-state index contributed by atoms with van der Waals surface area (Å²) < 4.78 is 0. The summed E-state index contributed by atoms with van der Waals surface area (Å²) in [5, 5.41) is 10.9. The zero-order valence-corrected chi connectivity index (χ0v) is 9.65. The second-order valence-corrected chi connectivity index (χ2v) is 4.34. The Labute approximate surface area is 98.2 Å². The first-order chi connectivity index (χ1) is 7.58. The summed E-state index contributed by atoms with van der Waals surface area (Å²) in [6.07, 6.45) is 2.17. The third-order valence-corrected chi connectivity index (χ3v) is 3.02. The van der Waals surface area contributed by atoms with Gasteiger partial charge in [0.05, 0.1) is 17.1 Å². The van der Waals surface area contributed by atoms with E-state index in [0.717, 1.165) is 19.4 Å². The maximum atomic E-state index is 10.7. The number of halogens is 1. The highest BCUT2D eigenvalue weighted by Crippen LogP contribution is 2.28. The largest absolute Gasteiger partial charge is 0.354 e. The molecule has 5 nitrogen and oxygen atoms in total. The van der Waals surface area contributed by atoms with Gasteiger partial charge in [-0.05, 0) is 19.8 Å². The van der Waals surface area contributed by atoms with Gasteiger partial charge in [0.2, 0.25) is 0 Å². The lowest BCUT2D eigenvalue weighted by Crippen LogP contribution is -2.27. The van der Waals surface area contributed by atoms with Gasteiger partial charge in [-0.2, -0.15) is 0 Å². The third kappa shape index (κ3) is 2.09. The van der Waals surface area contributed by atoms with Crippen LogP contribution >= 0.6 is 11.6 Å². The van der Waals surface area contributed by atoms with Gasteiger partial charge in [0.1, 0.15) is 11.0 Å². The Morgan fingerprint density at radius 3 is 2.94 bits per heavy atom. The highest BCUT2D eigenvalue weighted by Gasteiger charge is 2.23. The predicted molar refractivity (Wildman–Crippen MR) is 61.9 cm³/mol. The summed E-state index contributed by atoms with van der Waals surface area (Å²) in [6.45, 7) is 2.97. The van der Waals surface area contributed by atoms with E-state index in [4.69, 9.17) is 11.6 Å². The molecule has 1 aliphatic heterocycles. The molecule has 1 saturated heterocycles. The molecular weight excluding hydrogens is 230 g/mol. The number of hydrogen-bond acceptors (Lipinski definition) is 4. The number of nitrogens with zero attached hydrogens (tertiary/aromatic N) is 3. The SMILES string of the molecule is CC1CCCN1c1cc([N+](=O)[O-])cc(Cl)n1. The molecule has 1 aliphatic rings. The fraction of sp³-hybridized carbons (Fsp3) is 0.500. The predicted octanol–water partition coefficient (Wildman–Crippen LogP) is 2.63. The van der Waals surface area contributed by atoms with Crippen molar-refractivity contribution in [3.8, 4) is 0 Å². The molecule has 0 N–H and O–H groups in total. The summed E-state index contributed by atoms with van der Waals surface area (Å²) in [5.41, 5.74) is -0.00546. The summed E-state index contributed by atoms with van der Waals surface area (Å²) >= 11 is 5.78. The molecule has 0 aliphatic carbocycles. The van der Waals surface area contributed by atoms with Crippen LogP contribution in [0.4, 0.5) is 11.5 Å². The molecule has 1 unspecified atom stereocenters. The standard InChI is InChI=1S/C10H12ClN3O2/c1-7-3-2-4-13(7)10-6-8(14(15)16)5-9(11)12-10/h5-7H,2-4H2,1H3. The van der Waals surface area contributed by atoms with Crippen LogP contribution in [0.1, 0.15) is 19.8 Å². The molecule has 86 valence electrons. The molecule has 2 rings (SSSR count). The van der Waals surface area contributed by atoms with Crippen molar-refractivity contribution in [3.05, 3.63) is 27.4 Å². The van der Waals surface area contributed by atoms with Gasteiger partial charge in [-0.3, -0.25) is 10.1 Å². The Morgan fingerprint density at radius 2 is 2.38 bits per heavy atom. The molecule has 0 saturated carbocycles. The lowest BCUT2D eigenvalue weighted by molar-refractivity contribution is -0.384. The van der Waals surface area contributed by atoms with E-state index >= 15 is 0 Å². The van der Waals surface area contributed by atoms with Crippen molar-refractivity contribution in [1.82, 2.24) is 4.98 Å². The van der Waals surface area contributed by atoms with Crippen molar-refractivity contribution < 1.29 is 4.92 Å². The van der Waals surface area contributed by atoms with Crippen molar-refractivity contribution in [3.63, 3.8) is 0 Å². The topological polar surface area (TPSA) is 59.3 Å². The fourth-order valence-electron chi connectivity index (χ4n) is 2.00. The van der Waals surface area contributed by atoms with Crippen molar-refractivity contribution in [2.45, 2.75) is 25.8 Å². The van der Waals surface area contributed by atoms with Crippen molar-refractivity contribution >= 4 is 23.1 Å². The number of rotatable bonds is 2. The highest BCUT2D eigenvalue weighted by molar-refractivity contribution is 6.29. The van der Waals surface area contributed by atoms with E-state index in [1.165, 1.54) is 12.1 Å². The van der Waals surface area contributed by atoms with E-state index in [0.29, 0.717) is 11.9 Å². The van der Waals surface area contributed by atoms with Gasteiger partial charge >= 0.3 is 0 Å². The quantitative estimate of drug-likeness (QED) is 0.454. The fourth-order valence-corrected chi connectivity index (χ4v) is 2.19. The van der Waals surface area contributed by atoms with Crippen LogP contribution in [-0.4, -0.2) is 22.5 Å². The van der Waals surface area contributed by atoms with Crippen LogP contribution in [0.5, 0.6) is 0 Å². The van der Waals surface area contributed by atoms with Gasteiger partial charge in [0.25, 0.3) is 5.69 Å². The average molecular weight is 242 g/mol. The summed E-state index contributed by atoms with van der Waals surface area (Å²) in [7, 11) is 0. The molecule has 16 heavy (non-hydrogen) atoms. The molecule has 0 aromatic carbocycles. The second-order valence-electron chi connectivity index (χ2n) is 3.95. The normalized spacial score (nSPS) is 20.1. The van der Waals surface area contributed by atoms with Crippen LogP contribution in [0.3, 0.4) is 0 Å². The van der Waals surface area contributed by atoms with Crippen LogP contribution < -0.4 is 4.90 Å². The molecular formula is C10H12ClN3O2. The Bertz CT molecular complexity index is 425. The molecule has 1 aromatic heterocycles. The second kappa shape index (κ2) is 4.25. The number of nitro groups is 1. The van der Waals surface area contributed by atoms with E-state index in [9.17, 15) is 10.1 Å². The zero-order chi connectivity index (χ0) is 11.7. The minimum atomic E-state index is -0.447. The van der Waals surface area contributed by atoms with E-state index in [2.05, 4.69) is 16.8 Å². The van der Waals surface area contributed by atoms with Crippen LogP contribution in [0.2, 0.25) is 5.15 Å². The Hall–Kier alpha value is -1.36. The molecule has 2 heterocycles. The average Bonchev–Trinajstić information content (AvgIpc) is 2.63. The molecule has 0 radical (unpaired) electrons. The van der Waals surface area contributed by atoms with E-state index < -0.39 is 4.92 Å². The van der Waals surface area contributed by atoms with Gasteiger partial charge in [-0.15, -0.1) is 0 Å². The lowest BCUT2D eigenvalue weighted by Gasteiger charge is -2.22. The highest BCUT2D eigenvalue weighted by atomic mass is 35.5. The number of pyridine rings is 1. The third-order valence-electron chi connectivity index (χ3n) is 2.82. The minimum Gasteiger partial charge on any atom is -0.354 e. The first-order valence-electron chi connectivity index (χ1n) is 5.16. The maximum absolute atomic E-state index is 10.7. The summed E-state index contributed by atoms with van der Waals surface area (Å²) in [6, 6.07) is 3.12. The van der Waals surface area contributed by atoms with E-state index in [-0.39, 0.29) is 10.8 Å². The van der Waals surface area contributed by atoms with Crippen molar-refractivity contribution in [2.24, 2.45) is 0 Å². The molecule has 0 amide bonds. The van der Waals surface area contributed by atoms with Crippen molar-refractivity contribution in [2.75, 3.05) is 11.4 Å². The van der Waals surface area contributed by atoms with Crippen LogP contribution in [0, 0.1) is 10.1 Å². The number of anilines is 1. The zero-order valence-electron chi connectivity index (χ0n) is 8.89. The van der Waals surface area contributed by atoms with Crippen LogP contribution in [-0.2, 0) is 0 Å². The lowest BCUT2D eigenvalue weighted by atomic mass is 10.2. The molecule has 0 bridgehead atoms. The van der Waals surface area contributed by atoms with Crippen molar-refractivity contribution in [1.29, 1.82) is 0 Å². The van der Waals surface area contributed by atoms with Gasteiger partial charge < -0.3 is 4.90 Å². The van der Waals surface area contributed by atoms with E-state index in [1.54, 1.807) is 0 Å². The molecule has 1 aromatic rings. The first kappa shape index (κ1) is 11.1. The Kier molecular flexibility index (Phi) is 2.96. The molecule has 0 spiro atoms. The van der Waals surface area contributed by atoms with Crippen LogP contribution in [0.25, 0.3) is 0 Å². The summed E-state index contributed by atoms with van der Waals surface area (Å²) in [4.78, 5) is 16.4. The first-order valence-corrected chi connectivity index (χ1v) is 5.54. The maximum Gasteiger partial charge on any atom is 0.276 e. The number of aromatic nitrogens is 1. The van der Waals surface area contributed by atoms with Gasteiger partial charge in [0.15, 0.2) is 0 Å². The monoisotopic (exact) mass is 241 g/mol. The van der Waals surface area contributed by atoms with Crippen LogP contribution in [0.15, 0.2) is 12.1 Å². The van der Waals surface area contributed by atoms with Gasteiger partial charge in [0, 0.05) is 12.6 Å². The number of hydrogen-bond donors (Lipinski definition) is 0. The van der Waals surface area contributed by atoms with Gasteiger partial charge in [-0.25, -0.2) is 4.98 Å². The Morgan fingerprint density at radius 1 is 1.62 bits per heavy atom. The molecule has 1 atom stereocenters. The smallest absolute Gasteiger partial charge is 0.276 e. The van der Waals surface area contributed by atoms with Gasteiger partial charge in [-0.1, -0.05) is 11.6 Å². The minimum absolute atomic E-state index is 0.00546. The summed E-state index contributed by atoms with van der Waals surface area (Å²) in [5.74, 6) is 0.601. The van der Waals surface area contributed by atoms with E-state index in [1.807, 2.05) is 0 Å². The molecule has 1 fully saturated rings. The Balaban J connectivity index is 2.37.